The Labute approximate surface area is 193 Å². The summed E-state index contributed by atoms with van der Waals surface area (Å²) in [4.78, 5) is 20.1. The van der Waals surface area contributed by atoms with E-state index in [9.17, 15) is 4.79 Å². The highest BCUT2D eigenvalue weighted by Crippen LogP contribution is 2.36. The van der Waals surface area contributed by atoms with E-state index in [1.807, 2.05) is 19.9 Å². The summed E-state index contributed by atoms with van der Waals surface area (Å²) in [5.74, 6) is 0.398. The lowest BCUT2D eigenvalue weighted by molar-refractivity contribution is -0.113. The number of amides is 1. The van der Waals surface area contributed by atoms with Crippen LogP contribution in [0.4, 0.5) is 17.3 Å². The first-order valence-electron chi connectivity index (χ1n) is 10.7. The van der Waals surface area contributed by atoms with Crippen LogP contribution in [0, 0.1) is 6.92 Å². The van der Waals surface area contributed by atoms with Gasteiger partial charge >= 0.3 is 0 Å². The zero-order valence-corrected chi connectivity index (χ0v) is 19.4. The van der Waals surface area contributed by atoms with Gasteiger partial charge in [-0.05, 0) is 63.1 Å². The molecule has 0 saturated carbocycles. The van der Waals surface area contributed by atoms with E-state index >= 15 is 0 Å². The molecule has 1 atom stereocenters. The summed E-state index contributed by atoms with van der Waals surface area (Å²) in [7, 11) is 0. The van der Waals surface area contributed by atoms with Crippen molar-refractivity contribution in [3.63, 3.8) is 0 Å². The largest absolute Gasteiger partial charge is 0.372 e. The third-order valence-electron chi connectivity index (χ3n) is 5.82. The molecular weight excluding hydrogens is 424 g/mol. The van der Waals surface area contributed by atoms with E-state index in [-0.39, 0.29) is 5.91 Å². The Morgan fingerprint density at radius 2 is 1.88 bits per heavy atom. The molecule has 0 bridgehead atoms. The Balaban J connectivity index is 1.73. The summed E-state index contributed by atoms with van der Waals surface area (Å²) < 4.78 is 1.75. The van der Waals surface area contributed by atoms with Crippen LogP contribution >= 0.6 is 11.6 Å². The van der Waals surface area contributed by atoms with Gasteiger partial charge < -0.3 is 15.5 Å². The van der Waals surface area contributed by atoms with Crippen molar-refractivity contribution in [1.29, 1.82) is 0 Å². The third kappa shape index (κ3) is 4.08. The number of fused-ring (bicyclic) bond motifs is 1. The van der Waals surface area contributed by atoms with Crippen LogP contribution in [0.2, 0.25) is 5.02 Å². The number of hydrogen-bond acceptors (Lipinski definition) is 5. The predicted molar refractivity (Wildman–Crippen MR) is 129 cm³/mol. The SMILES string of the molecule is CCN(CC)c1ccc([C@@H]2C(C(=O)Nc3cc(Cl)ccc3C)=C(C)Nc3ncnn32)cc1. The van der Waals surface area contributed by atoms with Crippen molar-refractivity contribution < 1.29 is 4.79 Å². The lowest BCUT2D eigenvalue weighted by Gasteiger charge is -2.29. The number of nitrogens with zero attached hydrogens (tertiary/aromatic N) is 4. The lowest BCUT2D eigenvalue weighted by atomic mass is 9.94. The monoisotopic (exact) mass is 450 g/mol. The van der Waals surface area contributed by atoms with Gasteiger partial charge in [0.05, 0.1) is 5.57 Å². The molecule has 0 radical (unpaired) electrons. The van der Waals surface area contributed by atoms with Crippen LogP contribution in [0.15, 0.2) is 60.1 Å². The molecule has 1 aliphatic heterocycles. The number of anilines is 3. The summed E-state index contributed by atoms with van der Waals surface area (Å²) >= 11 is 6.15. The van der Waals surface area contributed by atoms with Crippen molar-refractivity contribution in [1.82, 2.24) is 14.8 Å². The van der Waals surface area contributed by atoms with E-state index in [4.69, 9.17) is 11.6 Å². The number of aromatic nitrogens is 3. The van der Waals surface area contributed by atoms with E-state index in [1.165, 1.54) is 6.33 Å². The Kier molecular flexibility index (Phi) is 6.19. The molecule has 1 aliphatic rings. The number of halogens is 1. The smallest absolute Gasteiger partial charge is 0.255 e. The van der Waals surface area contributed by atoms with Crippen molar-refractivity contribution in [2.45, 2.75) is 33.7 Å². The second-order valence-electron chi connectivity index (χ2n) is 7.77. The van der Waals surface area contributed by atoms with Crippen LogP contribution in [0.3, 0.4) is 0 Å². The van der Waals surface area contributed by atoms with Gasteiger partial charge in [0.1, 0.15) is 12.4 Å². The van der Waals surface area contributed by atoms with E-state index in [0.29, 0.717) is 22.2 Å². The average Bonchev–Trinajstić information content (AvgIpc) is 3.24. The molecule has 2 N–H and O–H groups in total. The van der Waals surface area contributed by atoms with Crippen molar-refractivity contribution in [3.8, 4) is 0 Å². The lowest BCUT2D eigenvalue weighted by Crippen LogP contribution is -2.31. The molecule has 2 heterocycles. The van der Waals surface area contributed by atoms with Gasteiger partial charge in [-0.2, -0.15) is 10.1 Å². The molecule has 1 aromatic heterocycles. The van der Waals surface area contributed by atoms with Gasteiger partial charge in [0.2, 0.25) is 5.95 Å². The molecule has 7 nitrogen and oxygen atoms in total. The number of aryl methyl sites for hydroxylation is 1. The molecule has 32 heavy (non-hydrogen) atoms. The van der Waals surface area contributed by atoms with Crippen molar-refractivity contribution in [3.05, 3.63) is 76.2 Å². The maximum atomic E-state index is 13.5. The Bertz CT molecular complexity index is 1160. The molecule has 0 fully saturated rings. The van der Waals surface area contributed by atoms with Gasteiger partial charge in [0, 0.05) is 35.2 Å². The highest BCUT2D eigenvalue weighted by molar-refractivity contribution is 6.31. The molecule has 0 aliphatic carbocycles. The Morgan fingerprint density at radius 3 is 2.56 bits per heavy atom. The van der Waals surface area contributed by atoms with Gasteiger partial charge in [0.25, 0.3) is 5.91 Å². The Morgan fingerprint density at radius 1 is 1.16 bits per heavy atom. The number of rotatable bonds is 6. The van der Waals surface area contributed by atoms with E-state index in [0.717, 1.165) is 35.6 Å². The highest BCUT2D eigenvalue weighted by atomic mass is 35.5. The van der Waals surface area contributed by atoms with Crippen LogP contribution in [-0.4, -0.2) is 33.8 Å². The summed E-state index contributed by atoms with van der Waals surface area (Å²) in [6.45, 7) is 9.96. The summed E-state index contributed by atoms with van der Waals surface area (Å²) in [6, 6.07) is 13.3. The van der Waals surface area contributed by atoms with Crippen LogP contribution in [0.1, 0.15) is 37.9 Å². The van der Waals surface area contributed by atoms with Crippen molar-refractivity contribution in [2.75, 3.05) is 28.6 Å². The Hall–Kier alpha value is -3.32. The molecule has 8 heteroatoms. The molecule has 1 amide bonds. The first kappa shape index (κ1) is 21.9. The fourth-order valence-electron chi connectivity index (χ4n) is 4.07. The van der Waals surface area contributed by atoms with E-state index in [1.54, 1.807) is 16.8 Å². The molecule has 0 spiro atoms. The quantitative estimate of drug-likeness (QED) is 0.552. The van der Waals surface area contributed by atoms with Crippen LogP contribution in [0.5, 0.6) is 0 Å². The summed E-state index contributed by atoms with van der Waals surface area (Å²) in [5, 5.41) is 11.2. The third-order valence-corrected chi connectivity index (χ3v) is 6.06. The number of hydrogen-bond donors (Lipinski definition) is 2. The fourth-order valence-corrected chi connectivity index (χ4v) is 4.24. The van der Waals surface area contributed by atoms with E-state index < -0.39 is 6.04 Å². The summed E-state index contributed by atoms with van der Waals surface area (Å²) in [6.07, 6.45) is 1.49. The van der Waals surface area contributed by atoms with Crippen LogP contribution in [0.25, 0.3) is 0 Å². The maximum Gasteiger partial charge on any atom is 0.255 e. The molecule has 3 aromatic rings. The van der Waals surface area contributed by atoms with Crippen molar-refractivity contribution in [2.24, 2.45) is 0 Å². The number of carbonyl (C=O) groups is 1. The first-order valence-corrected chi connectivity index (χ1v) is 11.1. The summed E-state index contributed by atoms with van der Waals surface area (Å²) in [5.41, 5.74) is 5.04. The van der Waals surface area contributed by atoms with Gasteiger partial charge in [-0.25, -0.2) is 4.68 Å². The molecule has 0 saturated heterocycles. The van der Waals surface area contributed by atoms with Crippen LogP contribution in [-0.2, 0) is 4.79 Å². The van der Waals surface area contributed by atoms with Crippen molar-refractivity contribution >= 4 is 34.8 Å². The van der Waals surface area contributed by atoms with Gasteiger partial charge in [-0.3, -0.25) is 4.79 Å². The normalized spacial score (nSPS) is 15.2. The van der Waals surface area contributed by atoms with Gasteiger partial charge in [-0.15, -0.1) is 0 Å². The standard InChI is InChI=1S/C24H27ClN6O/c1-5-30(6-2)19-11-8-17(9-12-19)22-21(16(4)28-24-26-14-27-31(22)24)23(32)29-20-13-18(25)10-7-15(20)3/h7-14,22H,5-6H2,1-4H3,(H,29,32)(H,26,27,28)/t22-/m1/s1. The van der Waals surface area contributed by atoms with Gasteiger partial charge in [0.15, 0.2) is 0 Å². The minimum Gasteiger partial charge on any atom is -0.372 e. The van der Waals surface area contributed by atoms with Gasteiger partial charge in [-0.1, -0.05) is 29.8 Å². The fraction of sp³-hybridized carbons (Fsp3) is 0.292. The second kappa shape index (κ2) is 9.04. The number of allylic oxidation sites excluding steroid dienone is 1. The zero-order valence-electron chi connectivity index (χ0n) is 18.7. The predicted octanol–water partition coefficient (Wildman–Crippen LogP) is 5.01. The molecule has 4 rings (SSSR count). The molecule has 2 aromatic carbocycles. The number of benzene rings is 2. The second-order valence-corrected chi connectivity index (χ2v) is 8.21. The number of carbonyl (C=O) groups excluding carboxylic acids is 1. The minimum absolute atomic E-state index is 0.209. The van der Waals surface area contributed by atoms with E-state index in [2.05, 4.69) is 63.7 Å². The molecule has 0 unspecified atom stereocenters. The maximum absolute atomic E-state index is 13.5. The average molecular weight is 451 g/mol. The van der Waals surface area contributed by atoms with Crippen LogP contribution < -0.4 is 15.5 Å². The topological polar surface area (TPSA) is 75.1 Å². The minimum atomic E-state index is -0.404. The number of nitrogens with one attached hydrogen (secondary N) is 2. The molecular formula is C24H27ClN6O. The highest BCUT2D eigenvalue weighted by Gasteiger charge is 2.33. The molecule has 166 valence electrons. The first-order chi connectivity index (χ1) is 15.4. The zero-order chi connectivity index (χ0) is 22.8.